The summed E-state index contributed by atoms with van der Waals surface area (Å²) in [4.78, 5) is 20.2. The monoisotopic (exact) mass is 177 g/mol. The van der Waals surface area contributed by atoms with Gasteiger partial charge in [-0.25, -0.2) is 0 Å². The fourth-order valence-corrected chi connectivity index (χ4v) is 1.05. The van der Waals surface area contributed by atoms with E-state index in [1.165, 1.54) is 0 Å². The van der Waals surface area contributed by atoms with Crippen LogP contribution in [0.2, 0.25) is 0 Å². The predicted octanol–water partition coefficient (Wildman–Crippen LogP) is 0.674. The van der Waals surface area contributed by atoms with Crippen molar-refractivity contribution in [3.63, 3.8) is 0 Å². The van der Waals surface area contributed by atoms with Crippen molar-refractivity contribution in [1.82, 2.24) is 5.32 Å². The second kappa shape index (κ2) is 5.09. The first kappa shape index (κ1) is 9.45. The van der Waals surface area contributed by atoms with Gasteiger partial charge in [0, 0.05) is 13.0 Å². The number of hydrogen-bond acceptors (Lipinski definition) is 2. The first-order valence-electron chi connectivity index (χ1n) is 4.05. The van der Waals surface area contributed by atoms with Crippen molar-refractivity contribution in [2.24, 2.45) is 0 Å². The number of nitrogens with one attached hydrogen (secondary N) is 1. The molecule has 0 unspecified atom stereocenters. The minimum atomic E-state index is 0.446. The van der Waals surface area contributed by atoms with Crippen molar-refractivity contribution in [1.29, 1.82) is 0 Å². The van der Waals surface area contributed by atoms with Crippen LogP contribution in [0.25, 0.3) is 0 Å². The SMILES string of the molecule is O=CCc1ccc(CNC=O)cc1. The second-order valence-electron chi connectivity index (χ2n) is 2.69. The average Bonchev–Trinajstić information content (AvgIpc) is 2.17. The largest absolute Gasteiger partial charge is 0.355 e. The quantitative estimate of drug-likeness (QED) is 0.672. The van der Waals surface area contributed by atoms with E-state index in [-0.39, 0.29) is 0 Å². The van der Waals surface area contributed by atoms with Gasteiger partial charge in [-0.2, -0.15) is 0 Å². The summed E-state index contributed by atoms with van der Waals surface area (Å²) in [6.45, 7) is 0.533. The Morgan fingerprint density at radius 2 is 1.69 bits per heavy atom. The highest BCUT2D eigenvalue weighted by atomic mass is 16.1. The molecule has 0 bridgehead atoms. The Labute approximate surface area is 76.8 Å². The van der Waals surface area contributed by atoms with E-state index in [2.05, 4.69) is 5.32 Å². The smallest absolute Gasteiger partial charge is 0.207 e. The molecule has 1 amide bonds. The molecule has 1 aromatic rings. The lowest BCUT2D eigenvalue weighted by molar-refractivity contribution is -0.109. The number of rotatable bonds is 5. The Bertz CT molecular complexity index is 279. The van der Waals surface area contributed by atoms with E-state index in [4.69, 9.17) is 0 Å². The molecule has 68 valence electrons. The molecule has 0 fully saturated rings. The minimum absolute atomic E-state index is 0.446. The number of aldehydes is 1. The van der Waals surface area contributed by atoms with Crippen molar-refractivity contribution in [3.8, 4) is 0 Å². The molecule has 0 saturated heterocycles. The van der Waals surface area contributed by atoms with Crippen LogP contribution in [0.15, 0.2) is 24.3 Å². The van der Waals surface area contributed by atoms with E-state index >= 15 is 0 Å². The Hall–Kier alpha value is -1.64. The van der Waals surface area contributed by atoms with Gasteiger partial charge in [0.25, 0.3) is 0 Å². The molecular formula is C10H11NO2. The topological polar surface area (TPSA) is 46.2 Å². The van der Waals surface area contributed by atoms with Gasteiger partial charge < -0.3 is 10.1 Å². The highest BCUT2D eigenvalue weighted by Crippen LogP contribution is 2.03. The molecule has 0 spiro atoms. The summed E-state index contributed by atoms with van der Waals surface area (Å²) >= 11 is 0. The zero-order chi connectivity index (χ0) is 9.52. The summed E-state index contributed by atoms with van der Waals surface area (Å²) < 4.78 is 0. The number of carbonyl (C=O) groups is 2. The molecule has 0 heterocycles. The van der Waals surface area contributed by atoms with Crippen LogP contribution in [0, 0.1) is 0 Å². The van der Waals surface area contributed by atoms with Crippen LogP contribution in [0.4, 0.5) is 0 Å². The maximum atomic E-state index is 10.2. The molecule has 1 N–H and O–H groups in total. The Morgan fingerprint density at radius 1 is 1.08 bits per heavy atom. The lowest BCUT2D eigenvalue weighted by Gasteiger charge is -2.00. The van der Waals surface area contributed by atoms with E-state index in [9.17, 15) is 9.59 Å². The van der Waals surface area contributed by atoms with Gasteiger partial charge >= 0.3 is 0 Å². The molecule has 0 atom stereocenters. The minimum Gasteiger partial charge on any atom is -0.355 e. The zero-order valence-corrected chi connectivity index (χ0v) is 7.19. The lowest BCUT2D eigenvalue weighted by atomic mass is 10.1. The van der Waals surface area contributed by atoms with Crippen molar-refractivity contribution in [2.45, 2.75) is 13.0 Å². The van der Waals surface area contributed by atoms with Crippen LogP contribution < -0.4 is 5.32 Å². The number of carbonyl (C=O) groups excluding carboxylic acids is 2. The fraction of sp³-hybridized carbons (Fsp3) is 0.200. The normalized spacial score (nSPS) is 9.23. The van der Waals surface area contributed by atoms with Gasteiger partial charge in [-0.05, 0) is 11.1 Å². The van der Waals surface area contributed by atoms with Gasteiger partial charge in [0.15, 0.2) is 0 Å². The summed E-state index contributed by atoms with van der Waals surface area (Å²) in [5, 5.41) is 2.57. The number of amides is 1. The molecule has 3 heteroatoms. The Balaban J connectivity index is 2.58. The first-order valence-corrected chi connectivity index (χ1v) is 4.05. The molecule has 13 heavy (non-hydrogen) atoms. The summed E-state index contributed by atoms with van der Waals surface area (Å²) in [6, 6.07) is 7.57. The van der Waals surface area contributed by atoms with Gasteiger partial charge in [0.2, 0.25) is 6.41 Å². The molecule has 1 rings (SSSR count). The van der Waals surface area contributed by atoms with Crippen molar-refractivity contribution >= 4 is 12.7 Å². The average molecular weight is 177 g/mol. The highest BCUT2D eigenvalue weighted by molar-refractivity contribution is 5.54. The van der Waals surface area contributed by atoms with Crippen LogP contribution in [0.1, 0.15) is 11.1 Å². The standard InChI is InChI=1S/C10H11NO2/c12-6-5-9-1-3-10(4-2-9)7-11-8-13/h1-4,6,8H,5,7H2,(H,11,13). The maximum Gasteiger partial charge on any atom is 0.207 e. The second-order valence-corrected chi connectivity index (χ2v) is 2.69. The van der Waals surface area contributed by atoms with E-state index < -0.39 is 0 Å². The molecule has 0 aliphatic heterocycles. The lowest BCUT2D eigenvalue weighted by Crippen LogP contribution is -2.09. The number of benzene rings is 1. The van der Waals surface area contributed by atoms with Crippen LogP contribution in [-0.4, -0.2) is 12.7 Å². The van der Waals surface area contributed by atoms with Gasteiger partial charge in [-0.3, -0.25) is 4.79 Å². The van der Waals surface area contributed by atoms with E-state index in [0.717, 1.165) is 17.4 Å². The molecule has 0 aromatic heterocycles. The molecule has 3 nitrogen and oxygen atoms in total. The first-order chi connectivity index (χ1) is 6.36. The van der Waals surface area contributed by atoms with Gasteiger partial charge in [0.05, 0.1) is 0 Å². The summed E-state index contributed by atoms with van der Waals surface area (Å²) in [6.07, 6.45) is 1.99. The highest BCUT2D eigenvalue weighted by Gasteiger charge is 1.92. The van der Waals surface area contributed by atoms with Crippen molar-refractivity contribution < 1.29 is 9.59 Å². The van der Waals surface area contributed by atoms with Gasteiger partial charge in [-0.15, -0.1) is 0 Å². The van der Waals surface area contributed by atoms with Crippen LogP contribution in [0.5, 0.6) is 0 Å². The molecule has 0 saturated carbocycles. The molecule has 0 aliphatic rings. The van der Waals surface area contributed by atoms with Gasteiger partial charge in [-0.1, -0.05) is 24.3 Å². The van der Waals surface area contributed by atoms with Crippen LogP contribution in [-0.2, 0) is 22.6 Å². The van der Waals surface area contributed by atoms with Crippen LogP contribution in [0.3, 0.4) is 0 Å². The predicted molar refractivity (Wildman–Crippen MR) is 49.1 cm³/mol. The van der Waals surface area contributed by atoms with E-state index in [1.807, 2.05) is 24.3 Å². The maximum absolute atomic E-state index is 10.2. The Morgan fingerprint density at radius 3 is 2.23 bits per heavy atom. The third-order valence-electron chi connectivity index (χ3n) is 1.73. The summed E-state index contributed by atoms with van der Waals surface area (Å²) in [5.74, 6) is 0. The Kier molecular flexibility index (Phi) is 3.70. The van der Waals surface area contributed by atoms with Crippen molar-refractivity contribution in [2.75, 3.05) is 0 Å². The van der Waals surface area contributed by atoms with Gasteiger partial charge in [0.1, 0.15) is 6.29 Å². The molecule has 1 aromatic carbocycles. The third kappa shape index (κ3) is 3.07. The summed E-state index contributed by atoms with van der Waals surface area (Å²) in [5.41, 5.74) is 2.02. The third-order valence-corrected chi connectivity index (χ3v) is 1.73. The van der Waals surface area contributed by atoms with E-state index in [0.29, 0.717) is 19.4 Å². The van der Waals surface area contributed by atoms with E-state index in [1.54, 1.807) is 0 Å². The van der Waals surface area contributed by atoms with Crippen molar-refractivity contribution in [3.05, 3.63) is 35.4 Å². The molecule has 0 aliphatic carbocycles. The van der Waals surface area contributed by atoms with Crippen LogP contribution >= 0.6 is 0 Å². The number of hydrogen-bond donors (Lipinski definition) is 1. The summed E-state index contributed by atoms with van der Waals surface area (Å²) in [7, 11) is 0. The zero-order valence-electron chi connectivity index (χ0n) is 7.19. The fourth-order valence-electron chi connectivity index (χ4n) is 1.05. The molecule has 0 radical (unpaired) electrons. The molecular weight excluding hydrogens is 166 g/mol.